The third-order valence-electron chi connectivity index (χ3n) is 3.36. The maximum Gasteiger partial charge on any atom is 0.0483 e. The summed E-state index contributed by atoms with van der Waals surface area (Å²) >= 11 is 0. The van der Waals surface area contributed by atoms with Gasteiger partial charge in [0.05, 0.1) is 0 Å². The summed E-state index contributed by atoms with van der Waals surface area (Å²) in [6, 6.07) is 8.78. The van der Waals surface area contributed by atoms with Gasteiger partial charge in [-0.3, -0.25) is 0 Å². The molecule has 0 fully saturated rings. The molecule has 3 nitrogen and oxygen atoms in total. The summed E-state index contributed by atoms with van der Waals surface area (Å²) < 4.78 is 7.72. The second-order valence-corrected chi connectivity index (χ2v) is 4.69. The minimum absolute atomic E-state index is 0.805. The number of ether oxygens (including phenoxy) is 1. The average Bonchev–Trinajstić information content (AvgIpc) is 2.85. The lowest BCUT2D eigenvalue weighted by atomic mass is 10.1. The number of nitrogens with one attached hydrogen (secondary N) is 1. The standard InChI is InChI=1S/C16H24N2O/c1-3-17-13-14-7-5-8-16-15(14)9-11-18(16)10-6-12-19-4-2/h5,7-9,11,17H,3-4,6,10,12-13H2,1-2H3. The van der Waals surface area contributed by atoms with Crippen molar-refractivity contribution in [1.82, 2.24) is 9.88 Å². The molecular weight excluding hydrogens is 236 g/mol. The maximum absolute atomic E-state index is 5.40. The number of nitrogens with zero attached hydrogens (tertiary/aromatic N) is 1. The molecule has 0 atom stereocenters. The van der Waals surface area contributed by atoms with E-state index in [0.717, 1.165) is 39.3 Å². The van der Waals surface area contributed by atoms with E-state index in [0.29, 0.717) is 0 Å². The van der Waals surface area contributed by atoms with Gasteiger partial charge < -0.3 is 14.6 Å². The van der Waals surface area contributed by atoms with Gasteiger partial charge in [-0.25, -0.2) is 0 Å². The van der Waals surface area contributed by atoms with E-state index in [-0.39, 0.29) is 0 Å². The van der Waals surface area contributed by atoms with Crippen LogP contribution in [0.4, 0.5) is 0 Å². The van der Waals surface area contributed by atoms with E-state index in [4.69, 9.17) is 4.74 Å². The molecule has 0 radical (unpaired) electrons. The minimum Gasteiger partial charge on any atom is -0.382 e. The Morgan fingerprint density at radius 2 is 2.11 bits per heavy atom. The Hall–Kier alpha value is -1.32. The van der Waals surface area contributed by atoms with Gasteiger partial charge in [-0.2, -0.15) is 0 Å². The zero-order valence-electron chi connectivity index (χ0n) is 12.0. The SMILES string of the molecule is CCNCc1cccc2c1ccn2CCCOCC. The first-order valence-electron chi connectivity index (χ1n) is 7.22. The number of benzene rings is 1. The normalized spacial score (nSPS) is 11.3. The molecule has 0 unspecified atom stereocenters. The number of aryl methyl sites for hydroxylation is 1. The Labute approximate surface area is 115 Å². The third-order valence-corrected chi connectivity index (χ3v) is 3.36. The smallest absolute Gasteiger partial charge is 0.0483 e. The van der Waals surface area contributed by atoms with Gasteiger partial charge in [0.15, 0.2) is 0 Å². The second-order valence-electron chi connectivity index (χ2n) is 4.69. The Balaban J connectivity index is 2.09. The van der Waals surface area contributed by atoms with Gasteiger partial charge in [0.1, 0.15) is 0 Å². The molecule has 0 saturated heterocycles. The van der Waals surface area contributed by atoms with Gasteiger partial charge in [0.25, 0.3) is 0 Å². The zero-order valence-corrected chi connectivity index (χ0v) is 12.0. The van der Waals surface area contributed by atoms with E-state index in [2.05, 4.69) is 47.3 Å². The van der Waals surface area contributed by atoms with E-state index < -0.39 is 0 Å². The lowest BCUT2D eigenvalue weighted by molar-refractivity contribution is 0.142. The Morgan fingerprint density at radius 1 is 1.21 bits per heavy atom. The number of fused-ring (bicyclic) bond motifs is 1. The van der Waals surface area contributed by atoms with Crippen LogP contribution in [0.2, 0.25) is 0 Å². The van der Waals surface area contributed by atoms with E-state index in [1.807, 2.05) is 6.92 Å². The van der Waals surface area contributed by atoms with Gasteiger partial charge in [0.2, 0.25) is 0 Å². The van der Waals surface area contributed by atoms with Crippen molar-refractivity contribution in [2.45, 2.75) is 33.4 Å². The molecule has 0 aliphatic rings. The van der Waals surface area contributed by atoms with Crippen LogP contribution in [0.5, 0.6) is 0 Å². The Bertz CT molecular complexity index is 504. The van der Waals surface area contributed by atoms with Gasteiger partial charge in [0, 0.05) is 43.4 Å². The van der Waals surface area contributed by atoms with Crippen LogP contribution in [0.3, 0.4) is 0 Å². The fourth-order valence-corrected chi connectivity index (χ4v) is 2.38. The van der Waals surface area contributed by atoms with E-state index in [9.17, 15) is 0 Å². The molecule has 0 bridgehead atoms. The summed E-state index contributed by atoms with van der Waals surface area (Å²) in [6.07, 6.45) is 3.25. The molecule has 1 heterocycles. The highest BCUT2D eigenvalue weighted by Crippen LogP contribution is 2.20. The van der Waals surface area contributed by atoms with Gasteiger partial charge >= 0.3 is 0 Å². The van der Waals surface area contributed by atoms with Crippen LogP contribution in [0.1, 0.15) is 25.8 Å². The molecule has 3 heteroatoms. The number of aromatic nitrogens is 1. The summed E-state index contributed by atoms with van der Waals surface area (Å²) in [5.41, 5.74) is 2.70. The van der Waals surface area contributed by atoms with Crippen molar-refractivity contribution in [2.75, 3.05) is 19.8 Å². The molecule has 1 aromatic carbocycles. The van der Waals surface area contributed by atoms with E-state index >= 15 is 0 Å². The highest BCUT2D eigenvalue weighted by Gasteiger charge is 2.04. The second kappa shape index (κ2) is 7.31. The number of rotatable bonds is 8. The monoisotopic (exact) mass is 260 g/mol. The minimum atomic E-state index is 0.805. The van der Waals surface area contributed by atoms with Crippen LogP contribution in [-0.2, 0) is 17.8 Å². The first-order chi connectivity index (χ1) is 9.36. The summed E-state index contributed by atoms with van der Waals surface area (Å²) in [4.78, 5) is 0. The molecule has 1 aromatic heterocycles. The van der Waals surface area contributed by atoms with Crippen LogP contribution < -0.4 is 5.32 Å². The summed E-state index contributed by atoms with van der Waals surface area (Å²) in [7, 11) is 0. The molecular formula is C16H24N2O. The fourth-order valence-electron chi connectivity index (χ4n) is 2.38. The number of hydrogen-bond donors (Lipinski definition) is 1. The zero-order chi connectivity index (χ0) is 13.5. The molecule has 0 amide bonds. The summed E-state index contributed by atoms with van der Waals surface area (Å²) in [5.74, 6) is 0. The fraction of sp³-hybridized carbons (Fsp3) is 0.500. The molecule has 2 aromatic rings. The molecule has 2 rings (SSSR count). The average molecular weight is 260 g/mol. The van der Waals surface area contributed by atoms with Crippen LogP contribution in [0.25, 0.3) is 10.9 Å². The Morgan fingerprint density at radius 3 is 2.89 bits per heavy atom. The highest BCUT2D eigenvalue weighted by atomic mass is 16.5. The van der Waals surface area contributed by atoms with Gasteiger partial charge in [-0.15, -0.1) is 0 Å². The molecule has 19 heavy (non-hydrogen) atoms. The molecule has 104 valence electrons. The lowest BCUT2D eigenvalue weighted by Crippen LogP contribution is -2.11. The first-order valence-corrected chi connectivity index (χ1v) is 7.22. The van der Waals surface area contributed by atoms with Crippen molar-refractivity contribution >= 4 is 10.9 Å². The molecule has 1 N–H and O–H groups in total. The van der Waals surface area contributed by atoms with Crippen LogP contribution >= 0.6 is 0 Å². The van der Waals surface area contributed by atoms with Crippen molar-refractivity contribution in [2.24, 2.45) is 0 Å². The Kier molecular flexibility index (Phi) is 5.43. The third kappa shape index (κ3) is 3.58. The lowest BCUT2D eigenvalue weighted by Gasteiger charge is -2.08. The molecule has 0 spiro atoms. The molecule has 0 aliphatic carbocycles. The van der Waals surface area contributed by atoms with Crippen molar-refractivity contribution in [1.29, 1.82) is 0 Å². The van der Waals surface area contributed by atoms with Gasteiger partial charge in [-0.1, -0.05) is 19.1 Å². The van der Waals surface area contributed by atoms with Crippen molar-refractivity contribution in [3.8, 4) is 0 Å². The summed E-state index contributed by atoms with van der Waals surface area (Å²) in [6.45, 7) is 8.79. The van der Waals surface area contributed by atoms with E-state index in [1.54, 1.807) is 0 Å². The van der Waals surface area contributed by atoms with Crippen LogP contribution in [-0.4, -0.2) is 24.3 Å². The molecule has 0 aliphatic heterocycles. The van der Waals surface area contributed by atoms with Crippen molar-refractivity contribution in [3.05, 3.63) is 36.0 Å². The van der Waals surface area contributed by atoms with Crippen molar-refractivity contribution < 1.29 is 4.74 Å². The van der Waals surface area contributed by atoms with Crippen LogP contribution in [0.15, 0.2) is 30.5 Å². The van der Waals surface area contributed by atoms with Gasteiger partial charge in [-0.05, 0) is 37.6 Å². The molecule has 0 saturated carbocycles. The quantitative estimate of drug-likeness (QED) is 0.738. The number of hydrogen-bond acceptors (Lipinski definition) is 2. The summed E-state index contributed by atoms with van der Waals surface area (Å²) in [5, 5.41) is 4.76. The van der Waals surface area contributed by atoms with Crippen molar-refractivity contribution in [3.63, 3.8) is 0 Å². The highest BCUT2D eigenvalue weighted by molar-refractivity contribution is 5.83. The topological polar surface area (TPSA) is 26.2 Å². The van der Waals surface area contributed by atoms with E-state index in [1.165, 1.54) is 16.5 Å². The predicted octanol–water partition coefficient (Wildman–Crippen LogP) is 3.18. The first kappa shape index (κ1) is 14.1. The maximum atomic E-state index is 5.40. The van der Waals surface area contributed by atoms with Crippen LogP contribution in [0, 0.1) is 0 Å². The predicted molar refractivity (Wildman–Crippen MR) is 80.4 cm³/mol. The largest absolute Gasteiger partial charge is 0.382 e.